The molecular weight excluding hydrogens is 781 g/mol. The Kier molecular flexibility index (Phi) is 30.7. The molecule has 1 aromatic heterocycles. The summed E-state index contributed by atoms with van der Waals surface area (Å²) in [5.74, 6) is 1.30. The van der Waals surface area contributed by atoms with E-state index in [4.69, 9.17) is 22.9 Å². The molecule has 1 heterocycles. The van der Waals surface area contributed by atoms with Crippen molar-refractivity contribution < 1.29 is 51.6 Å². The second kappa shape index (κ2) is 33.6. The highest BCUT2D eigenvalue weighted by Crippen LogP contribution is 2.38. The van der Waals surface area contributed by atoms with Gasteiger partial charge in [-0.25, -0.2) is 0 Å². The molecule has 0 saturated heterocycles. The number of allylic oxidation sites excluding steroid dienone is 8. The number of ether oxygens (including phenoxy) is 2. The van der Waals surface area contributed by atoms with Crippen LogP contribution in [0.15, 0.2) is 65.2 Å². The third-order valence-corrected chi connectivity index (χ3v) is 10.8. The topological polar surface area (TPSA) is 145 Å². The van der Waals surface area contributed by atoms with Gasteiger partial charge in [0.25, 0.3) is 7.82 Å². The molecular formula is C48H80NO10P. The summed E-state index contributed by atoms with van der Waals surface area (Å²) in [6, 6.07) is 0. The largest absolute Gasteiger partial charge is 0.756 e. The Morgan fingerprint density at radius 2 is 1.37 bits per heavy atom. The van der Waals surface area contributed by atoms with Gasteiger partial charge in [0.1, 0.15) is 31.3 Å². The molecule has 0 spiro atoms. The highest BCUT2D eigenvalue weighted by atomic mass is 31.2. The lowest BCUT2D eigenvalue weighted by atomic mass is 10.0. The standard InChI is InChI=1S/C48H80NO10P/c1-8-10-11-12-21-26-32-43(50)33-27-22-17-13-15-19-24-29-35-47(51)55-39-44(40-57-60(53,54)56-38-37-49(5,6)7)58-48(52)36-30-25-20-16-14-18-23-28-34-46-42(4)41(3)45(59-46)31-9-2/h10-11,15,17,19,21-22,26-27,33,43-44,50H,8-9,12-14,16,18,20,23-25,28-32,34-40H2,1-7H3/b11-10-,19-15-,22-17-,26-21-,33-27+/t43?,44-/m1/s1. The van der Waals surface area contributed by atoms with Gasteiger partial charge in [0.2, 0.25) is 0 Å². The van der Waals surface area contributed by atoms with Crippen LogP contribution in [0.2, 0.25) is 0 Å². The Morgan fingerprint density at radius 3 is 2.05 bits per heavy atom. The van der Waals surface area contributed by atoms with Gasteiger partial charge in [-0.15, -0.1) is 0 Å². The first-order valence-corrected chi connectivity index (χ1v) is 23.9. The van der Waals surface area contributed by atoms with Crippen LogP contribution in [0, 0.1) is 13.8 Å². The van der Waals surface area contributed by atoms with Crippen LogP contribution in [0.25, 0.3) is 0 Å². The van der Waals surface area contributed by atoms with E-state index < -0.39 is 38.6 Å². The number of nitrogens with zero attached hydrogens (tertiary/aromatic N) is 1. The van der Waals surface area contributed by atoms with E-state index in [1.807, 2.05) is 57.6 Å². The maximum atomic E-state index is 12.7. The van der Waals surface area contributed by atoms with Crippen LogP contribution >= 0.6 is 7.82 Å². The van der Waals surface area contributed by atoms with Gasteiger partial charge in [0.15, 0.2) is 6.10 Å². The fraction of sp³-hybridized carbons (Fsp3) is 0.667. The molecule has 1 aromatic rings. The SMILES string of the molecule is CC/C=C\C/C=C\CC(O)/C=C/C=C\C/C=C\CCCC(=O)OC[C@H](COP(=O)([O-])OCC[N+](C)(C)C)OC(=O)CCCCCCCCCCc1oc(CCC)c(C)c1C. The first kappa shape index (κ1) is 55.0. The third-order valence-electron chi connectivity index (χ3n) is 9.81. The quantitative estimate of drug-likeness (QED) is 0.0173. The van der Waals surface area contributed by atoms with E-state index in [1.54, 1.807) is 6.08 Å². The maximum absolute atomic E-state index is 12.7. The second-order valence-electron chi connectivity index (χ2n) is 16.5. The number of likely N-dealkylation sites (N-methyl/N-ethyl adjacent to an activating group) is 1. The van der Waals surface area contributed by atoms with E-state index in [0.717, 1.165) is 88.6 Å². The van der Waals surface area contributed by atoms with Crippen LogP contribution in [0.5, 0.6) is 0 Å². The predicted molar refractivity (Wildman–Crippen MR) is 240 cm³/mol. The summed E-state index contributed by atoms with van der Waals surface area (Å²) >= 11 is 0. The molecule has 0 aliphatic rings. The molecule has 0 aliphatic heterocycles. The number of hydrogen-bond acceptors (Lipinski definition) is 10. The molecule has 0 aromatic carbocycles. The number of hydrogen-bond donors (Lipinski definition) is 1. The second-order valence-corrected chi connectivity index (χ2v) is 17.9. The number of aliphatic hydroxyl groups excluding tert-OH is 1. The van der Waals surface area contributed by atoms with Crippen LogP contribution < -0.4 is 4.89 Å². The van der Waals surface area contributed by atoms with Crippen LogP contribution in [0.1, 0.15) is 146 Å². The molecule has 60 heavy (non-hydrogen) atoms. The number of aliphatic hydroxyl groups is 1. The molecule has 0 amide bonds. The molecule has 12 heteroatoms. The fourth-order valence-electron chi connectivity index (χ4n) is 6.06. The average Bonchev–Trinajstić information content (AvgIpc) is 3.45. The number of unbranched alkanes of at least 4 members (excludes halogenated alkanes) is 8. The molecule has 11 nitrogen and oxygen atoms in total. The van der Waals surface area contributed by atoms with E-state index in [9.17, 15) is 24.2 Å². The molecule has 0 radical (unpaired) electrons. The number of phosphoric acid groups is 1. The first-order chi connectivity index (χ1) is 28.7. The minimum absolute atomic E-state index is 0.0598. The minimum atomic E-state index is -4.67. The zero-order valence-electron chi connectivity index (χ0n) is 38.2. The third kappa shape index (κ3) is 30.1. The minimum Gasteiger partial charge on any atom is -0.756 e. The van der Waals surface area contributed by atoms with Gasteiger partial charge in [-0.05, 0) is 82.8 Å². The number of carbonyl (C=O) groups is 2. The highest BCUT2D eigenvalue weighted by molar-refractivity contribution is 7.45. The van der Waals surface area contributed by atoms with E-state index >= 15 is 0 Å². The van der Waals surface area contributed by atoms with Gasteiger partial charge in [0, 0.05) is 25.7 Å². The van der Waals surface area contributed by atoms with E-state index in [1.165, 1.54) is 17.5 Å². The Balaban J connectivity index is 2.41. The van der Waals surface area contributed by atoms with Crippen molar-refractivity contribution >= 4 is 19.8 Å². The molecule has 342 valence electrons. The lowest BCUT2D eigenvalue weighted by molar-refractivity contribution is -0.870. The Morgan fingerprint density at radius 1 is 0.750 bits per heavy atom. The Labute approximate surface area is 363 Å². The summed E-state index contributed by atoms with van der Waals surface area (Å²) < 4.78 is 40.0. The molecule has 0 bridgehead atoms. The zero-order valence-corrected chi connectivity index (χ0v) is 39.1. The number of aryl methyl sites for hydroxylation is 2. The molecule has 2 unspecified atom stereocenters. The summed E-state index contributed by atoms with van der Waals surface area (Å²) in [6.45, 7) is 8.14. The zero-order chi connectivity index (χ0) is 44.5. The molecule has 1 N–H and O–H groups in total. The number of furan rings is 1. The average molecular weight is 862 g/mol. The van der Waals surface area contributed by atoms with Crippen molar-refractivity contribution in [2.75, 3.05) is 47.5 Å². The fourth-order valence-corrected chi connectivity index (χ4v) is 6.78. The summed E-state index contributed by atoms with van der Waals surface area (Å²) in [5, 5.41) is 10.0. The lowest BCUT2D eigenvalue weighted by Gasteiger charge is -2.28. The number of rotatable bonds is 36. The van der Waals surface area contributed by atoms with Gasteiger partial charge >= 0.3 is 11.9 Å². The first-order valence-electron chi connectivity index (χ1n) is 22.5. The van der Waals surface area contributed by atoms with Gasteiger partial charge in [0.05, 0.1) is 33.9 Å². The number of carbonyl (C=O) groups excluding carboxylic acids is 2. The van der Waals surface area contributed by atoms with Crippen molar-refractivity contribution in [3.8, 4) is 0 Å². The Bertz CT molecular complexity index is 1500. The van der Waals surface area contributed by atoms with Crippen molar-refractivity contribution in [1.29, 1.82) is 0 Å². The van der Waals surface area contributed by atoms with Gasteiger partial charge in [-0.3, -0.25) is 14.2 Å². The predicted octanol–water partition coefficient (Wildman–Crippen LogP) is 10.5. The lowest BCUT2D eigenvalue weighted by Crippen LogP contribution is -2.37. The molecule has 3 atom stereocenters. The highest BCUT2D eigenvalue weighted by Gasteiger charge is 2.22. The molecule has 0 fully saturated rings. The van der Waals surface area contributed by atoms with E-state index in [0.29, 0.717) is 36.7 Å². The van der Waals surface area contributed by atoms with Gasteiger partial charge in [-0.1, -0.05) is 113 Å². The van der Waals surface area contributed by atoms with Crippen LogP contribution in [-0.4, -0.2) is 81.2 Å². The number of quaternary nitrogens is 1. The summed E-state index contributed by atoms with van der Waals surface area (Å²) in [4.78, 5) is 37.6. The normalized spacial score (nSPS) is 14.6. The van der Waals surface area contributed by atoms with Crippen molar-refractivity contribution in [1.82, 2.24) is 0 Å². The summed E-state index contributed by atoms with van der Waals surface area (Å²) in [7, 11) is 1.07. The smallest absolute Gasteiger partial charge is 0.306 e. The monoisotopic (exact) mass is 862 g/mol. The van der Waals surface area contributed by atoms with Crippen molar-refractivity contribution in [3.05, 3.63) is 83.4 Å². The van der Waals surface area contributed by atoms with Crippen molar-refractivity contribution in [2.24, 2.45) is 0 Å². The van der Waals surface area contributed by atoms with Crippen molar-refractivity contribution in [2.45, 2.75) is 162 Å². The number of esters is 2. The van der Waals surface area contributed by atoms with Crippen LogP contribution in [0.4, 0.5) is 0 Å². The van der Waals surface area contributed by atoms with Gasteiger partial charge < -0.3 is 37.4 Å². The summed E-state index contributed by atoms with van der Waals surface area (Å²) in [5.41, 5.74) is 2.60. The molecule has 0 saturated carbocycles. The van der Waals surface area contributed by atoms with E-state index in [-0.39, 0.29) is 26.1 Å². The maximum Gasteiger partial charge on any atom is 0.306 e. The molecule has 0 aliphatic carbocycles. The van der Waals surface area contributed by atoms with Crippen LogP contribution in [-0.2, 0) is 45.5 Å². The van der Waals surface area contributed by atoms with E-state index in [2.05, 4.69) is 45.9 Å². The van der Waals surface area contributed by atoms with Gasteiger partial charge in [-0.2, -0.15) is 0 Å². The Hall–Kier alpha value is -3.05. The number of phosphoric ester groups is 1. The van der Waals surface area contributed by atoms with Crippen molar-refractivity contribution in [3.63, 3.8) is 0 Å². The van der Waals surface area contributed by atoms with Crippen LogP contribution in [0.3, 0.4) is 0 Å². The molecule has 1 rings (SSSR count). The summed E-state index contributed by atoms with van der Waals surface area (Å²) in [6.07, 6.45) is 34.2.